The summed E-state index contributed by atoms with van der Waals surface area (Å²) in [4.78, 5) is 12.9. The van der Waals surface area contributed by atoms with E-state index in [-0.39, 0.29) is 5.91 Å². The number of thioether (sulfide) groups is 1. The zero-order valence-electron chi connectivity index (χ0n) is 11.8. The van der Waals surface area contributed by atoms with Crippen LogP contribution in [0.15, 0.2) is 29.2 Å². The van der Waals surface area contributed by atoms with Gasteiger partial charge in [0.2, 0.25) is 5.91 Å². The first-order valence-electron chi connectivity index (χ1n) is 7.13. The van der Waals surface area contributed by atoms with Crippen LogP contribution in [0.2, 0.25) is 0 Å². The molecule has 1 aromatic carbocycles. The van der Waals surface area contributed by atoms with Gasteiger partial charge in [-0.15, -0.1) is 0 Å². The Kier molecular flexibility index (Phi) is 5.58. The number of rotatable bonds is 5. The number of carbonyl (C=O) groups excluding carboxylic acids is 1. The molecule has 116 valence electrons. The van der Waals surface area contributed by atoms with E-state index >= 15 is 0 Å². The number of alkyl halides is 2. The summed E-state index contributed by atoms with van der Waals surface area (Å²) in [7, 11) is 0. The molecule has 0 heterocycles. The number of para-hydroxylation sites is 1. The molecule has 2 rings (SSSR count). The molecule has 1 aliphatic rings. The summed E-state index contributed by atoms with van der Waals surface area (Å²) in [5, 5.41) is 2.80. The van der Waals surface area contributed by atoms with E-state index in [0.717, 1.165) is 32.1 Å². The summed E-state index contributed by atoms with van der Waals surface area (Å²) < 4.78 is 25.1. The van der Waals surface area contributed by atoms with Crippen molar-refractivity contribution in [3.63, 3.8) is 0 Å². The molecule has 1 saturated carbocycles. The molecule has 0 aromatic heterocycles. The maximum absolute atomic E-state index is 12.6. The van der Waals surface area contributed by atoms with E-state index in [1.54, 1.807) is 24.3 Å². The lowest BCUT2D eigenvalue weighted by molar-refractivity contribution is -0.126. The van der Waals surface area contributed by atoms with Crippen molar-refractivity contribution < 1.29 is 13.6 Å². The molecule has 6 heteroatoms. The maximum atomic E-state index is 12.6. The highest BCUT2D eigenvalue weighted by atomic mass is 32.2. The highest BCUT2D eigenvalue weighted by molar-refractivity contribution is 7.99. The molecular weight excluding hydrogens is 294 g/mol. The SMILES string of the molecule is NCC1(C(=O)Nc2ccccc2SC(F)F)CCCCC1. The van der Waals surface area contributed by atoms with Crippen molar-refractivity contribution in [2.75, 3.05) is 11.9 Å². The van der Waals surface area contributed by atoms with Gasteiger partial charge in [0, 0.05) is 11.4 Å². The van der Waals surface area contributed by atoms with Crippen molar-refractivity contribution in [2.45, 2.75) is 42.8 Å². The van der Waals surface area contributed by atoms with Gasteiger partial charge in [0.1, 0.15) is 0 Å². The summed E-state index contributed by atoms with van der Waals surface area (Å²) in [5.41, 5.74) is 5.71. The molecular formula is C15H20F2N2OS. The van der Waals surface area contributed by atoms with Crippen LogP contribution in [0, 0.1) is 5.41 Å². The third kappa shape index (κ3) is 3.95. The van der Waals surface area contributed by atoms with Crippen LogP contribution in [0.4, 0.5) is 14.5 Å². The van der Waals surface area contributed by atoms with Crippen molar-refractivity contribution in [3.05, 3.63) is 24.3 Å². The van der Waals surface area contributed by atoms with Crippen LogP contribution in [0.1, 0.15) is 32.1 Å². The van der Waals surface area contributed by atoms with Crippen LogP contribution in [-0.2, 0) is 4.79 Å². The van der Waals surface area contributed by atoms with E-state index in [0.29, 0.717) is 28.9 Å². The predicted octanol–water partition coefficient (Wildman–Crippen LogP) is 3.85. The van der Waals surface area contributed by atoms with Gasteiger partial charge in [0.25, 0.3) is 5.76 Å². The molecule has 0 unspecified atom stereocenters. The van der Waals surface area contributed by atoms with E-state index in [1.807, 2.05) is 0 Å². The summed E-state index contributed by atoms with van der Waals surface area (Å²) in [6.45, 7) is 0.295. The fourth-order valence-electron chi connectivity index (χ4n) is 2.78. The summed E-state index contributed by atoms with van der Waals surface area (Å²) in [6, 6.07) is 6.64. The minimum absolute atomic E-state index is 0.146. The average molecular weight is 314 g/mol. The monoisotopic (exact) mass is 314 g/mol. The van der Waals surface area contributed by atoms with Gasteiger partial charge in [0.05, 0.1) is 11.1 Å². The van der Waals surface area contributed by atoms with Crippen LogP contribution < -0.4 is 11.1 Å². The second-order valence-corrected chi connectivity index (χ2v) is 6.41. The Morgan fingerprint density at radius 1 is 1.29 bits per heavy atom. The number of amides is 1. The fraction of sp³-hybridized carbons (Fsp3) is 0.533. The van der Waals surface area contributed by atoms with Crippen molar-refractivity contribution in [1.29, 1.82) is 0 Å². The molecule has 3 N–H and O–H groups in total. The molecule has 1 fully saturated rings. The minimum atomic E-state index is -2.51. The lowest BCUT2D eigenvalue weighted by Gasteiger charge is -2.34. The van der Waals surface area contributed by atoms with E-state index in [1.165, 1.54) is 0 Å². The summed E-state index contributed by atoms with van der Waals surface area (Å²) >= 11 is 0.441. The van der Waals surface area contributed by atoms with E-state index in [4.69, 9.17) is 5.73 Å². The van der Waals surface area contributed by atoms with Gasteiger partial charge < -0.3 is 11.1 Å². The molecule has 1 amide bonds. The molecule has 21 heavy (non-hydrogen) atoms. The average Bonchev–Trinajstić information content (AvgIpc) is 2.49. The molecule has 0 radical (unpaired) electrons. The number of hydrogen-bond donors (Lipinski definition) is 2. The van der Waals surface area contributed by atoms with Crippen molar-refractivity contribution in [3.8, 4) is 0 Å². The first-order valence-corrected chi connectivity index (χ1v) is 8.01. The van der Waals surface area contributed by atoms with E-state index < -0.39 is 11.2 Å². The smallest absolute Gasteiger partial charge is 0.288 e. The molecule has 0 spiro atoms. The third-order valence-electron chi connectivity index (χ3n) is 4.03. The van der Waals surface area contributed by atoms with Gasteiger partial charge >= 0.3 is 0 Å². The van der Waals surface area contributed by atoms with Crippen molar-refractivity contribution in [2.24, 2.45) is 11.1 Å². The van der Waals surface area contributed by atoms with Gasteiger partial charge in [-0.25, -0.2) is 0 Å². The number of carbonyl (C=O) groups is 1. The van der Waals surface area contributed by atoms with E-state index in [9.17, 15) is 13.6 Å². The van der Waals surface area contributed by atoms with Crippen LogP contribution in [-0.4, -0.2) is 18.2 Å². The van der Waals surface area contributed by atoms with Crippen LogP contribution in [0.3, 0.4) is 0 Å². The molecule has 0 aliphatic heterocycles. The topological polar surface area (TPSA) is 55.1 Å². The normalized spacial score (nSPS) is 17.7. The van der Waals surface area contributed by atoms with Crippen molar-refractivity contribution in [1.82, 2.24) is 0 Å². The molecule has 3 nitrogen and oxygen atoms in total. The number of anilines is 1. The maximum Gasteiger partial charge on any atom is 0.288 e. The first-order chi connectivity index (χ1) is 10.1. The Balaban J connectivity index is 2.15. The fourth-order valence-corrected chi connectivity index (χ4v) is 3.37. The summed E-state index contributed by atoms with van der Waals surface area (Å²) in [5.74, 6) is -2.66. The number of benzene rings is 1. The Bertz CT molecular complexity index is 490. The zero-order valence-corrected chi connectivity index (χ0v) is 12.6. The van der Waals surface area contributed by atoms with Crippen LogP contribution in [0.25, 0.3) is 0 Å². The van der Waals surface area contributed by atoms with Crippen molar-refractivity contribution >= 4 is 23.4 Å². The van der Waals surface area contributed by atoms with Crippen LogP contribution >= 0.6 is 11.8 Å². The highest BCUT2D eigenvalue weighted by Gasteiger charge is 2.38. The lowest BCUT2D eigenvalue weighted by Crippen LogP contribution is -2.43. The van der Waals surface area contributed by atoms with Gasteiger partial charge in [0.15, 0.2) is 0 Å². The molecule has 0 saturated heterocycles. The molecule has 1 aliphatic carbocycles. The number of nitrogens with one attached hydrogen (secondary N) is 1. The van der Waals surface area contributed by atoms with Gasteiger partial charge in [-0.1, -0.05) is 43.2 Å². The second kappa shape index (κ2) is 7.22. The van der Waals surface area contributed by atoms with E-state index in [2.05, 4.69) is 5.32 Å². The molecule has 1 aromatic rings. The Labute approximate surface area is 127 Å². The van der Waals surface area contributed by atoms with Gasteiger partial charge in [-0.3, -0.25) is 4.79 Å². The highest BCUT2D eigenvalue weighted by Crippen LogP contribution is 2.38. The number of nitrogens with two attached hydrogens (primary N) is 1. The summed E-state index contributed by atoms with van der Waals surface area (Å²) in [6.07, 6.45) is 4.61. The second-order valence-electron chi connectivity index (χ2n) is 5.37. The standard InChI is InChI=1S/C15H20F2N2OS/c16-14(17)21-12-7-3-2-6-11(12)19-13(20)15(10-18)8-4-1-5-9-15/h2-3,6-7,14H,1,4-5,8-10,18H2,(H,19,20). The Morgan fingerprint density at radius 2 is 1.95 bits per heavy atom. The van der Waals surface area contributed by atoms with Gasteiger partial charge in [-0.2, -0.15) is 8.78 Å². The third-order valence-corrected chi connectivity index (χ3v) is 4.82. The molecule has 0 atom stereocenters. The lowest BCUT2D eigenvalue weighted by atomic mass is 9.73. The number of hydrogen-bond acceptors (Lipinski definition) is 3. The minimum Gasteiger partial charge on any atom is -0.329 e. The largest absolute Gasteiger partial charge is 0.329 e. The molecule has 0 bridgehead atoms. The Hall–Kier alpha value is -1.14. The van der Waals surface area contributed by atoms with Gasteiger partial charge in [-0.05, 0) is 25.0 Å². The first kappa shape index (κ1) is 16.2. The Morgan fingerprint density at radius 3 is 2.57 bits per heavy atom. The van der Waals surface area contributed by atoms with Crippen LogP contribution in [0.5, 0.6) is 0 Å². The quantitative estimate of drug-likeness (QED) is 0.812. The number of halogens is 2. The zero-order chi connectivity index (χ0) is 15.3. The predicted molar refractivity (Wildman–Crippen MR) is 81.5 cm³/mol.